The number of carbonyl (C=O) groups excluding carboxylic acids is 1. The van der Waals surface area contributed by atoms with Crippen LogP contribution in [0.3, 0.4) is 0 Å². The summed E-state index contributed by atoms with van der Waals surface area (Å²) < 4.78 is 25.1. The molecule has 0 aliphatic carbocycles. The summed E-state index contributed by atoms with van der Waals surface area (Å²) in [6.45, 7) is 9.00. The molecule has 128 valence electrons. The summed E-state index contributed by atoms with van der Waals surface area (Å²) in [5.74, 6) is -0.303. The number of nitrogens with one attached hydrogen (secondary N) is 2. The Morgan fingerprint density at radius 3 is 2.57 bits per heavy atom. The molecule has 2 N–H and O–H groups in total. The van der Waals surface area contributed by atoms with Crippen molar-refractivity contribution in [3.8, 4) is 5.75 Å². The van der Waals surface area contributed by atoms with E-state index in [1.54, 1.807) is 20.8 Å². The van der Waals surface area contributed by atoms with Crippen molar-refractivity contribution in [2.75, 3.05) is 18.4 Å². The fraction of sp³-hybridized carbons (Fsp3) is 0.588. The molecule has 0 radical (unpaired) electrons. The van der Waals surface area contributed by atoms with Crippen molar-refractivity contribution in [1.29, 1.82) is 0 Å². The second-order valence-electron chi connectivity index (χ2n) is 7.07. The van der Waals surface area contributed by atoms with Gasteiger partial charge in [0.2, 0.25) is 0 Å². The van der Waals surface area contributed by atoms with Crippen LogP contribution in [0.5, 0.6) is 5.75 Å². The molecule has 1 saturated heterocycles. The highest BCUT2D eigenvalue weighted by Crippen LogP contribution is 2.30. The Hall–Kier alpha value is -1.82. The van der Waals surface area contributed by atoms with E-state index in [4.69, 9.17) is 9.47 Å². The van der Waals surface area contributed by atoms with Gasteiger partial charge < -0.3 is 14.8 Å². The molecule has 0 aromatic heterocycles. The van der Waals surface area contributed by atoms with Crippen LogP contribution in [0.15, 0.2) is 18.2 Å². The van der Waals surface area contributed by atoms with Crippen molar-refractivity contribution >= 4 is 11.8 Å². The molecular formula is C17H25FN2O3. The van der Waals surface area contributed by atoms with Crippen molar-refractivity contribution < 1.29 is 18.7 Å². The van der Waals surface area contributed by atoms with E-state index in [0.29, 0.717) is 5.69 Å². The summed E-state index contributed by atoms with van der Waals surface area (Å²) in [5, 5.41) is 5.85. The number of carbonyl (C=O) groups is 1. The van der Waals surface area contributed by atoms with Crippen molar-refractivity contribution in [2.45, 2.75) is 51.7 Å². The summed E-state index contributed by atoms with van der Waals surface area (Å²) in [6, 6.07) is 4.26. The van der Waals surface area contributed by atoms with Gasteiger partial charge in [-0.3, -0.25) is 5.32 Å². The molecule has 1 aliphatic heterocycles. The number of anilines is 1. The van der Waals surface area contributed by atoms with Crippen LogP contribution in [0.1, 0.15) is 40.5 Å². The number of halogens is 1. The molecule has 1 amide bonds. The fourth-order valence-corrected chi connectivity index (χ4v) is 2.40. The van der Waals surface area contributed by atoms with E-state index in [-0.39, 0.29) is 5.75 Å². The van der Waals surface area contributed by atoms with Gasteiger partial charge in [-0.25, -0.2) is 9.18 Å². The van der Waals surface area contributed by atoms with Gasteiger partial charge in [-0.15, -0.1) is 0 Å². The Morgan fingerprint density at radius 1 is 1.30 bits per heavy atom. The van der Waals surface area contributed by atoms with Crippen molar-refractivity contribution in [3.63, 3.8) is 0 Å². The van der Waals surface area contributed by atoms with Crippen LogP contribution in [-0.4, -0.2) is 30.4 Å². The average Bonchev–Trinajstić information content (AvgIpc) is 2.41. The molecule has 6 heteroatoms. The van der Waals surface area contributed by atoms with E-state index in [1.807, 2.05) is 6.92 Å². The Morgan fingerprint density at radius 2 is 1.96 bits per heavy atom. The predicted molar refractivity (Wildman–Crippen MR) is 87.4 cm³/mol. The lowest BCUT2D eigenvalue weighted by Gasteiger charge is -2.34. The molecule has 23 heavy (non-hydrogen) atoms. The smallest absolute Gasteiger partial charge is 0.412 e. The minimum atomic E-state index is -0.591. The van der Waals surface area contributed by atoms with Crippen LogP contribution in [0, 0.1) is 5.82 Å². The molecule has 0 spiro atoms. The van der Waals surface area contributed by atoms with Crippen LogP contribution in [0.2, 0.25) is 0 Å². The monoisotopic (exact) mass is 324 g/mol. The molecule has 1 aromatic rings. The summed E-state index contributed by atoms with van der Waals surface area (Å²) >= 11 is 0. The zero-order chi connectivity index (χ0) is 17.1. The van der Waals surface area contributed by atoms with E-state index in [1.165, 1.54) is 18.2 Å². The zero-order valence-electron chi connectivity index (χ0n) is 14.2. The molecule has 0 bridgehead atoms. The topological polar surface area (TPSA) is 59.6 Å². The van der Waals surface area contributed by atoms with Crippen LogP contribution in [0.25, 0.3) is 0 Å². The number of ether oxygens (including phenoxy) is 2. The third kappa shape index (κ3) is 5.39. The molecular weight excluding hydrogens is 299 g/mol. The first-order valence-corrected chi connectivity index (χ1v) is 7.86. The quantitative estimate of drug-likeness (QED) is 0.890. The molecule has 1 aromatic carbocycles. The van der Waals surface area contributed by atoms with Gasteiger partial charge in [0.25, 0.3) is 0 Å². The minimum Gasteiger partial charge on any atom is -0.484 e. The third-order valence-electron chi connectivity index (χ3n) is 3.59. The summed E-state index contributed by atoms with van der Waals surface area (Å²) in [7, 11) is 0. The van der Waals surface area contributed by atoms with Gasteiger partial charge in [0.05, 0.1) is 0 Å². The molecule has 2 rings (SSSR count). The molecule has 1 heterocycles. The zero-order valence-corrected chi connectivity index (χ0v) is 14.2. The molecule has 0 saturated carbocycles. The first-order chi connectivity index (χ1) is 10.7. The van der Waals surface area contributed by atoms with E-state index in [0.717, 1.165) is 25.9 Å². The van der Waals surface area contributed by atoms with Gasteiger partial charge >= 0.3 is 6.09 Å². The van der Waals surface area contributed by atoms with Crippen LogP contribution in [0.4, 0.5) is 14.9 Å². The first-order valence-electron chi connectivity index (χ1n) is 7.86. The second-order valence-corrected chi connectivity index (χ2v) is 7.07. The van der Waals surface area contributed by atoms with Crippen LogP contribution < -0.4 is 15.4 Å². The number of hydrogen-bond acceptors (Lipinski definition) is 4. The van der Waals surface area contributed by atoms with Crippen molar-refractivity contribution in [2.24, 2.45) is 0 Å². The van der Waals surface area contributed by atoms with Gasteiger partial charge in [0.1, 0.15) is 11.2 Å². The third-order valence-corrected chi connectivity index (χ3v) is 3.59. The molecule has 5 nitrogen and oxygen atoms in total. The number of piperidine rings is 1. The molecule has 0 unspecified atom stereocenters. The lowest BCUT2D eigenvalue weighted by molar-refractivity contribution is 0.0515. The van der Waals surface area contributed by atoms with Gasteiger partial charge in [0, 0.05) is 11.8 Å². The standard InChI is InChI=1S/C17H25FN2O3/c1-16(2,3)23-15(21)20-12-5-6-13(18)14(11-12)22-17(4)7-9-19-10-8-17/h5-6,11,19H,7-10H2,1-4H3,(H,20,21). The first kappa shape index (κ1) is 17.5. The van der Waals surface area contributed by atoms with E-state index in [9.17, 15) is 9.18 Å². The maximum Gasteiger partial charge on any atom is 0.412 e. The van der Waals surface area contributed by atoms with E-state index >= 15 is 0 Å². The second kappa shape index (κ2) is 6.74. The highest BCUT2D eigenvalue weighted by Gasteiger charge is 2.29. The predicted octanol–water partition coefficient (Wildman–Crippen LogP) is 3.69. The number of amides is 1. The Bertz CT molecular complexity index is 563. The van der Waals surface area contributed by atoms with E-state index in [2.05, 4.69) is 10.6 Å². The summed E-state index contributed by atoms with van der Waals surface area (Å²) in [5.41, 5.74) is -0.559. The van der Waals surface area contributed by atoms with Crippen molar-refractivity contribution in [1.82, 2.24) is 5.32 Å². The minimum absolute atomic E-state index is 0.142. The molecule has 1 aliphatic rings. The maximum absolute atomic E-state index is 14.0. The SMILES string of the molecule is CC(C)(C)OC(=O)Nc1ccc(F)c(OC2(C)CCNCC2)c1. The van der Waals surface area contributed by atoms with Gasteiger partial charge in [0.15, 0.2) is 11.6 Å². The lowest BCUT2D eigenvalue weighted by Crippen LogP contribution is -2.44. The largest absolute Gasteiger partial charge is 0.484 e. The Labute approximate surface area is 136 Å². The van der Waals surface area contributed by atoms with Crippen LogP contribution in [-0.2, 0) is 4.74 Å². The van der Waals surface area contributed by atoms with Gasteiger partial charge in [-0.1, -0.05) is 0 Å². The van der Waals surface area contributed by atoms with Gasteiger partial charge in [-0.05, 0) is 65.8 Å². The normalized spacial score (nSPS) is 17.4. The van der Waals surface area contributed by atoms with Crippen LogP contribution >= 0.6 is 0 Å². The lowest BCUT2D eigenvalue weighted by atomic mass is 9.94. The Balaban J connectivity index is 2.08. The van der Waals surface area contributed by atoms with E-state index < -0.39 is 23.1 Å². The number of benzene rings is 1. The molecule has 1 fully saturated rings. The van der Waals surface area contributed by atoms with Crippen molar-refractivity contribution in [3.05, 3.63) is 24.0 Å². The Kier molecular flexibility index (Phi) is 5.14. The highest BCUT2D eigenvalue weighted by atomic mass is 19.1. The highest BCUT2D eigenvalue weighted by molar-refractivity contribution is 5.85. The molecule has 0 atom stereocenters. The summed E-state index contributed by atoms with van der Waals surface area (Å²) in [4.78, 5) is 11.8. The maximum atomic E-state index is 14.0. The average molecular weight is 324 g/mol. The van der Waals surface area contributed by atoms with Gasteiger partial charge in [-0.2, -0.15) is 0 Å². The number of rotatable bonds is 3. The summed E-state index contributed by atoms with van der Waals surface area (Å²) in [6.07, 6.45) is 1.02. The fourth-order valence-electron chi connectivity index (χ4n) is 2.40. The number of hydrogen-bond donors (Lipinski definition) is 2.